The third-order valence-corrected chi connectivity index (χ3v) is 4.19. The average molecular weight is 238 g/mol. The second-order valence-electron chi connectivity index (χ2n) is 4.11. The van der Waals surface area contributed by atoms with Crippen LogP contribution in [0.4, 0.5) is 0 Å². The highest BCUT2D eigenvalue weighted by molar-refractivity contribution is 7.90. The molecule has 0 amide bonds. The molecule has 5 heteroatoms. The van der Waals surface area contributed by atoms with Gasteiger partial charge < -0.3 is 4.98 Å². The number of aromatic amines is 1. The van der Waals surface area contributed by atoms with Crippen LogP contribution in [0.5, 0.6) is 0 Å². The Bertz CT molecular complexity index is 628. The maximum Gasteiger partial charge on any atom is 0.157 e. The van der Waals surface area contributed by atoms with Crippen molar-refractivity contribution >= 4 is 20.9 Å². The molecule has 0 saturated heterocycles. The minimum Gasteiger partial charge on any atom is -0.341 e. The molecule has 16 heavy (non-hydrogen) atoms. The molecule has 0 aliphatic rings. The summed E-state index contributed by atoms with van der Waals surface area (Å²) in [6.45, 7) is 3.62. The second-order valence-corrected chi connectivity index (χ2v) is 6.48. The summed E-state index contributed by atoms with van der Waals surface area (Å²) in [4.78, 5) is 7.34. The highest BCUT2D eigenvalue weighted by atomic mass is 32.2. The Morgan fingerprint density at radius 3 is 2.69 bits per heavy atom. The molecule has 0 spiro atoms. The summed E-state index contributed by atoms with van der Waals surface area (Å²) in [5.74, 6) is 0.503. The van der Waals surface area contributed by atoms with E-state index in [2.05, 4.69) is 9.97 Å². The molecule has 1 aromatic carbocycles. The zero-order valence-electron chi connectivity index (χ0n) is 9.48. The van der Waals surface area contributed by atoms with Crippen LogP contribution < -0.4 is 0 Å². The number of H-pyrrole nitrogens is 1. The summed E-state index contributed by atoms with van der Waals surface area (Å²) >= 11 is 0. The Morgan fingerprint density at radius 1 is 1.38 bits per heavy atom. The van der Waals surface area contributed by atoms with E-state index >= 15 is 0 Å². The molecule has 1 N–H and O–H groups in total. The number of imidazole rings is 1. The van der Waals surface area contributed by atoms with Crippen molar-refractivity contribution in [3.05, 3.63) is 29.6 Å². The van der Waals surface area contributed by atoms with Crippen LogP contribution in [0.3, 0.4) is 0 Å². The number of fused-ring (bicyclic) bond motifs is 1. The molecule has 4 nitrogen and oxygen atoms in total. The van der Waals surface area contributed by atoms with Crippen molar-refractivity contribution in [2.75, 3.05) is 6.26 Å². The molecule has 1 atom stereocenters. The van der Waals surface area contributed by atoms with Gasteiger partial charge in [-0.15, -0.1) is 0 Å². The SMILES string of the molecule is Cc1ccc2nc(C(C)S(C)(=O)=O)[nH]c2c1. The van der Waals surface area contributed by atoms with E-state index < -0.39 is 15.1 Å². The van der Waals surface area contributed by atoms with Crippen molar-refractivity contribution in [2.24, 2.45) is 0 Å². The minimum atomic E-state index is -3.11. The summed E-state index contributed by atoms with van der Waals surface area (Å²) < 4.78 is 22.8. The van der Waals surface area contributed by atoms with Crippen molar-refractivity contribution < 1.29 is 8.42 Å². The number of aromatic nitrogens is 2. The summed E-state index contributed by atoms with van der Waals surface area (Å²) in [5, 5.41) is -0.597. The highest BCUT2D eigenvalue weighted by Gasteiger charge is 2.20. The van der Waals surface area contributed by atoms with Gasteiger partial charge in [-0.3, -0.25) is 0 Å². The summed E-state index contributed by atoms with van der Waals surface area (Å²) in [6.07, 6.45) is 1.22. The normalized spacial score (nSPS) is 14.2. The van der Waals surface area contributed by atoms with Crippen LogP contribution in [-0.4, -0.2) is 24.6 Å². The molecule has 0 bridgehead atoms. The van der Waals surface area contributed by atoms with Crippen molar-refractivity contribution in [3.8, 4) is 0 Å². The van der Waals surface area contributed by atoms with E-state index in [1.165, 1.54) is 6.26 Å². The van der Waals surface area contributed by atoms with Gasteiger partial charge in [0.1, 0.15) is 11.1 Å². The number of sulfone groups is 1. The van der Waals surface area contributed by atoms with E-state index in [1.807, 2.05) is 25.1 Å². The van der Waals surface area contributed by atoms with E-state index in [9.17, 15) is 8.42 Å². The molecule has 86 valence electrons. The molecule has 0 aliphatic carbocycles. The summed E-state index contributed by atoms with van der Waals surface area (Å²) in [7, 11) is -3.11. The summed E-state index contributed by atoms with van der Waals surface area (Å²) in [6, 6.07) is 5.80. The number of nitrogens with zero attached hydrogens (tertiary/aromatic N) is 1. The van der Waals surface area contributed by atoms with E-state index in [4.69, 9.17) is 0 Å². The molecule has 0 aliphatic heterocycles. The Labute approximate surface area is 94.6 Å². The Morgan fingerprint density at radius 2 is 2.06 bits per heavy atom. The lowest BCUT2D eigenvalue weighted by atomic mass is 10.2. The molecule has 0 fully saturated rings. The third kappa shape index (κ3) is 1.95. The third-order valence-electron chi connectivity index (χ3n) is 2.68. The monoisotopic (exact) mass is 238 g/mol. The van der Waals surface area contributed by atoms with E-state index in [1.54, 1.807) is 6.92 Å². The van der Waals surface area contributed by atoms with Gasteiger partial charge in [0.2, 0.25) is 0 Å². The van der Waals surface area contributed by atoms with Crippen molar-refractivity contribution in [1.82, 2.24) is 9.97 Å². The fourth-order valence-corrected chi connectivity index (χ4v) is 2.06. The maximum atomic E-state index is 11.4. The van der Waals surface area contributed by atoms with Gasteiger partial charge >= 0.3 is 0 Å². The predicted octanol–water partition coefficient (Wildman–Crippen LogP) is 1.98. The van der Waals surface area contributed by atoms with Crippen LogP contribution in [0.15, 0.2) is 18.2 Å². The first-order chi connectivity index (χ1) is 7.38. The quantitative estimate of drug-likeness (QED) is 0.870. The van der Waals surface area contributed by atoms with Gasteiger partial charge in [0, 0.05) is 6.26 Å². The second kappa shape index (κ2) is 3.59. The first-order valence-corrected chi connectivity index (χ1v) is 6.98. The van der Waals surface area contributed by atoms with Gasteiger partial charge in [0.25, 0.3) is 0 Å². The molecule has 1 aromatic heterocycles. The van der Waals surface area contributed by atoms with Crippen LogP contribution in [0.2, 0.25) is 0 Å². The van der Waals surface area contributed by atoms with E-state index in [0.29, 0.717) is 5.82 Å². The number of nitrogens with one attached hydrogen (secondary N) is 1. The molecule has 1 heterocycles. The maximum absolute atomic E-state index is 11.4. The van der Waals surface area contributed by atoms with Gasteiger partial charge in [-0.1, -0.05) is 6.07 Å². The smallest absolute Gasteiger partial charge is 0.157 e. The molecule has 1 unspecified atom stereocenters. The van der Waals surface area contributed by atoms with Crippen LogP contribution in [-0.2, 0) is 9.84 Å². The van der Waals surface area contributed by atoms with E-state index in [0.717, 1.165) is 16.6 Å². The van der Waals surface area contributed by atoms with Crippen molar-refractivity contribution in [3.63, 3.8) is 0 Å². The van der Waals surface area contributed by atoms with Gasteiger partial charge in [-0.25, -0.2) is 13.4 Å². The molecule has 0 radical (unpaired) electrons. The first-order valence-electron chi connectivity index (χ1n) is 5.03. The molecule has 0 saturated carbocycles. The Kier molecular flexibility index (Phi) is 2.50. The van der Waals surface area contributed by atoms with Crippen molar-refractivity contribution in [1.29, 1.82) is 0 Å². The Balaban J connectivity index is 2.56. The molecular weight excluding hydrogens is 224 g/mol. The minimum absolute atomic E-state index is 0.503. The number of rotatable bonds is 2. The zero-order valence-corrected chi connectivity index (χ0v) is 10.3. The lowest BCUT2D eigenvalue weighted by molar-refractivity contribution is 0.590. The van der Waals surface area contributed by atoms with Crippen LogP contribution in [0.25, 0.3) is 11.0 Å². The summed E-state index contributed by atoms with van der Waals surface area (Å²) in [5.41, 5.74) is 2.80. The lowest BCUT2D eigenvalue weighted by Crippen LogP contribution is -2.09. The topological polar surface area (TPSA) is 62.8 Å². The zero-order chi connectivity index (χ0) is 11.9. The number of aryl methyl sites for hydroxylation is 1. The lowest BCUT2D eigenvalue weighted by Gasteiger charge is -2.04. The van der Waals surface area contributed by atoms with Gasteiger partial charge in [-0.2, -0.15) is 0 Å². The van der Waals surface area contributed by atoms with Crippen molar-refractivity contribution in [2.45, 2.75) is 19.1 Å². The van der Waals surface area contributed by atoms with Crippen LogP contribution in [0, 0.1) is 6.92 Å². The number of hydrogen-bond acceptors (Lipinski definition) is 3. The van der Waals surface area contributed by atoms with Gasteiger partial charge in [0.05, 0.1) is 11.0 Å². The van der Waals surface area contributed by atoms with E-state index in [-0.39, 0.29) is 0 Å². The Hall–Kier alpha value is -1.36. The van der Waals surface area contributed by atoms with Gasteiger partial charge in [-0.05, 0) is 31.5 Å². The first kappa shape index (κ1) is 11.1. The standard InChI is InChI=1S/C11H14N2O2S/c1-7-4-5-9-10(6-7)13-11(12-9)8(2)16(3,14)15/h4-6,8H,1-3H3,(H,12,13). The average Bonchev–Trinajstić information content (AvgIpc) is 2.57. The fourth-order valence-electron chi connectivity index (χ4n) is 1.54. The molecule has 2 aromatic rings. The largest absolute Gasteiger partial charge is 0.341 e. The molecule has 2 rings (SSSR count). The predicted molar refractivity (Wildman–Crippen MR) is 64.1 cm³/mol. The van der Waals surface area contributed by atoms with Crippen LogP contribution in [0.1, 0.15) is 23.6 Å². The number of benzene rings is 1. The number of hydrogen-bond donors (Lipinski definition) is 1. The molecular formula is C11H14N2O2S. The highest BCUT2D eigenvalue weighted by Crippen LogP contribution is 2.21. The van der Waals surface area contributed by atoms with Crippen LogP contribution >= 0.6 is 0 Å². The van der Waals surface area contributed by atoms with Gasteiger partial charge in [0.15, 0.2) is 9.84 Å². The fraction of sp³-hybridized carbons (Fsp3) is 0.364.